The van der Waals surface area contributed by atoms with Crippen molar-refractivity contribution in [3.05, 3.63) is 62.4 Å². The zero-order valence-corrected chi connectivity index (χ0v) is 14.2. The van der Waals surface area contributed by atoms with Crippen LogP contribution in [0, 0.1) is 0 Å². The quantitative estimate of drug-likeness (QED) is 0.843. The van der Waals surface area contributed by atoms with Gasteiger partial charge in [-0.1, -0.05) is 17.7 Å². The second-order valence-corrected chi connectivity index (χ2v) is 6.91. The molecule has 0 saturated heterocycles. The molecule has 0 unspecified atom stereocenters. The summed E-state index contributed by atoms with van der Waals surface area (Å²) in [5.74, 6) is 2.44. The number of ether oxygens (including phenoxy) is 1. The average Bonchev–Trinajstić information content (AvgIpc) is 2.91. The number of rotatable bonds is 4. The molecule has 2 heterocycles. The van der Waals surface area contributed by atoms with Crippen molar-refractivity contribution in [3.63, 3.8) is 0 Å². The van der Waals surface area contributed by atoms with Gasteiger partial charge in [-0.2, -0.15) is 0 Å². The van der Waals surface area contributed by atoms with Gasteiger partial charge in [-0.15, -0.1) is 11.8 Å². The zero-order valence-electron chi connectivity index (χ0n) is 11.1. The molecule has 0 spiro atoms. The standard InChI is InChI=1S/C15H13BrClNO2S/c16-12-7-10(17)1-2-13(12)20-14-8-18(4-5-19)9-15-11(14)3-6-21-15/h1-3,7-9,19H,4-6H2. The number of halogens is 2. The topological polar surface area (TPSA) is 32.7 Å². The molecule has 6 heteroatoms. The summed E-state index contributed by atoms with van der Waals surface area (Å²) in [7, 11) is 0. The molecule has 0 radical (unpaired) electrons. The van der Waals surface area contributed by atoms with Gasteiger partial charge in [-0.3, -0.25) is 0 Å². The summed E-state index contributed by atoms with van der Waals surface area (Å²) in [4.78, 5) is 3.12. The third-order valence-electron chi connectivity index (χ3n) is 3.10. The van der Waals surface area contributed by atoms with E-state index in [4.69, 9.17) is 21.4 Å². The highest BCUT2D eigenvalue weighted by molar-refractivity contribution is 9.10. The predicted molar refractivity (Wildman–Crippen MR) is 90.3 cm³/mol. The lowest BCUT2D eigenvalue weighted by molar-refractivity contribution is 0.259. The third kappa shape index (κ3) is 3.31. The van der Waals surface area contributed by atoms with Crippen LogP contribution in [0.4, 0.5) is 0 Å². The molecule has 0 fully saturated rings. The van der Waals surface area contributed by atoms with Gasteiger partial charge >= 0.3 is 0 Å². The molecular weight excluding hydrogens is 374 g/mol. The van der Waals surface area contributed by atoms with E-state index < -0.39 is 0 Å². The normalized spacial score (nSPS) is 17.1. The van der Waals surface area contributed by atoms with E-state index in [1.54, 1.807) is 23.9 Å². The van der Waals surface area contributed by atoms with Gasteiger partial charge in [0.1, 0.15) is 5.75 Å². The van der Waals surface area contributed by atoms with Crippen molar-refractivity contribution < 1.29 is 9.84 Å². The van der Waals surface area contributed by atoms with Gasteiger partial charge in [0, 0.05) is 40.2 Å². The van der Waals surface area contributed by atoms with E-state index in [0.29, 0.717) is 17.3 Å². The average molecular weight is 387 g/mol. The maximum Gasteiger partial charge on any atom is 0.151 e. The Kier molecular flexibility index (Phi) is 4.64. The first-order valence-corrected chi connectivity index (χ1v) is 8.60. The van der Waals surface area contributed by atoms with E-state index in [1.807, 2.05) is 23.4 Å². The van der Waals surface area contributed by atoms with Crippen molar-refractivity contribution in [3.8, 4) is 5.75 Å². The van der Waals surface area contributed by atoms with Crippen molar-refractivity contribution in [2.45, 2.75) is 0 Å². The van der Waals surface area contributed by atoms with Crippen molar-refractivity contribution in [1.29, 1.82) is 0 Å². The van der Waals surface area contributed by atoms with E-state index in [9.17, 15) is 0 Å². The Morgan fingerprint density at radius 1 is 1.38 bits per heavy atom. The maximum atomic E-state index is 9.13. The van der Waals surface area contributed by atoms with Gasteiger partial charge in [-0.25, -0.2) is 0 Å². The van der Waals surface area contributed by atoms with Crippen LogP contribution in [0.25, 0.3) is 0 Å². The van der Waals surface area contributed by atoms with Gasteiger partial charge in [0.05, 0.1) is 11.1 Å². The van der Waals surface area contributed by atoms with Crippen LogP contribution in [-0.2, 0) is 0 Å². The summed E-state index contributed by atoms with van der Waals surface area (Å²) >= 11 is 11.2. The summed E-state index contributed by atoms with van der Waals surface area (Å²) in [5.41, 5.74) is 1.11. The lowest BCUT2D eigenvalue weighted by Crippen LogP contribution is -2.20. The molecule has 21 heavy (non-hydrogen) atoms. The van der Waals surface area contributed by atoms with Gasteiger partial charge < -0.3 is 14.7 Å². The molecule has 0 aliphatic carbocycles. The Balaban J connectivity index is 1.88. The minimum absolute atomic E-state index is 0.0991. The molecule has 2 aliphatic heterocycles. The predicted octanol–water partition coefficient (Wildman–Crippen LogP) is 4.15. The summed E-state index contributed by atoms with van der Waals surface area (Å²) in [6.07, 6.45) is 6.12. The van der Waals surface area contributed by atoms with Crippen LogP contribution in [0.15, 0.2) is 57.4 Å². The van der Waals surface area contributed by atoms with Crippen LogP contribution in [0.3, 0.4) is 0 Å². The highest BCUT2D eigenvalue weighted by Gasteiger charge is 2.24. The smallest absolute Gasteiger partial charge is 0.151 e. The van der Waals surface area contributed by atoms with E-state index in [2.05, 4.69) is 22.0 Å². The molecule has 1 aromatic carbocycles. The molecule has 0 aromatic heterocycles. The number of benzene rings is 1. The highest BCUT2D eigenvalue weighted by Crippen LogP contribution is 2.40. The second-order valence-electron chi connectivity index (χ2n) is 4.55. The monoisotopic (exact) mass is 385 g/mol. The van der Waals surface area contributed by atoms with Gasteiger partial charge in [0.25, 0.3) is 0 Å². The Hall–Kier alpha value is -0.880. The molecule has 110 valence electrons. The van der Waals surface area contributed by atoms with Gasteiger partial charge in [0.15, 0.2) is 5.76 Å². The fourth-order valence-electron chi connectivity index (χ4n) is 2.13. The highest BCUT2D eigenvalue weighted by atomic mass is 79.9. The van der Waals surface area contributed by atoms with E-state index in [-0.39, 0.29) is 6.61 Å². The minimum Gasteiger partial charge on any atom is -0.454 e. The number of thioether (sulfide) groups is 1. The molecule has 1 aromatic rings. The van der Waals surface area contributed by atoms with Crippen molar-refractivity contribution >= 4 is 39.3 Å². The van der Waals surface area contributed by atoms with Crippen LogP contribution in [0.2, 0.25) is 5.02 Å². The van der Waals surface area contributed by atoms with E-state index >= 15 is 0 Å². The number of hydrogen-bond donors (Lipinski definition) is 1. The largest absolute Gasteiger partial charge is 0.454 e. The lowest BCUT2D eigenvalue weighted by atomic mass is 10.1. The van der Waals surface area contributed by atoms with Crippen LogP contribution < -0.4 is 4.74 Å². The maximum absolute atomic E-state index is 9.13. The number of aliphatic hydroxyl groups excluding tert-OH is 1. The Labute approximate surface area is 141 Å². The Morgan fingerprint density at radius 3 is 3.00 bits per heavy atom. The molecule has 0 saturated carbocycles. The number of hydrogen-bond acceptors (Lipinski definition) is 4. The fourth-order valence-corrected chi connectivity index (χ4v) is 3.87. The summed E-state index contributed by atoms with van der Waals surface area (Å²) < 4.78 is 6.85. The molecule has 0 atom stereocenters. The molecule has 1 N–H and O–H groups in total. The van der Waals surface area contributed by atoms with Crippen LogP contribution in [0.1, 0.15) is 0 Å². The van der Waals surface area contributed by atoms with E-state index in [1.165, 1.54) is 4.91 Å². The summed E-state index contributed by atoms with van der Waals surface area (Å²) in [6.45, 7) is 0.647. The van der Waals surface area contributed by atoms with Crippen LogP contribution in [0.5, 0.6) is 5.75 Å². The first-order valence-electron chi connectivity index (χ1n) is 6.44. The number of β-amino-alcohol motifs (C(OH)–C–C–N with tert-alkyl or cyclic N) is 1. The van der Waals surface area contributed by atoms with Gasteiger partial charge in [0.2, 0.25) is 0 Å². The number of aliphatic hydroxyl groups is 1. The number of nitrogens with zero attached hydrogens (tertiary/aromatic N) is 1. The first-order chi connectivity index (χ1) is 10.2. The molecule has 3 rings (SSSR count). The van der Waals surface area contributed by atoms with Crippen LogP contribution >= 0.6 is 39.3 Å². The third-order valence-corrected chi connectivity index (χ3v) is 4.92. The van der Waals surface area contributed by atoms with Crippen LogP contribution in [-0.4, -0.2) is 28.9 Å². The first kappa shape index (κ1) is 15.0. The molecule has 0 amide bonds. The Bertz CT molecular complexity index is 657. The SMILES string of the molecule is OCCN1C=C(Oc2ccc(Cl)cc2Br)C2=CCSC2=C1. The molecular formula is C15H13BrClNO2S. The second kappa shape index (κ2) is 6.48. The molecule has 0 bridgehead atoms. The number of fused-ring (bicyclic) bond motifs is 1. The molecule has 3 nitrogen and oxygen atoms in total. The summed E-state index contributed by atoms with van der Waals surface area (Å²) in [6, 6.07) is 5.44. The number of allylic oxidation sites excluding steroid dienone is 1. The van der Waals surface area contributed by atoms with Crippen molar-refractivity contribution in [2.75, 3.05) is 18.9 Å². The Morgan fingerprint density at radius 2 is 2.24 bits per heavy atom. The molecule has 2 aliphatic rings. The fraction of sp³-hybridized carbons (Fsp3) is 0.200. The van der Waals surface area contributed by atoms with E-state index in [0.717, 1.165) is 21.6 Å². The zero-order chi connectivity index (χ0) is 14.8. The summed E-state index contributed by atoms with van der Waals surface area (Å²) in [5, 5.41) is 9.78. The van der Waals surface area contributed by atoms with Gasteiger partial charge in [-0.05, 0) is 34.1 Å². The van der Waals surface area contributed by atoms with Crippen molar-refractivity contribution in [1.82, 2.24) is 4.90 Å². The minimum atomic E-state index is 0.0991. The van der Waals surface area contributed by atoms with Crippen molar-refractivity contribution in [2.24, 2.45) is 0 Å². The lowest BCUT2D eigenvalue weighted by Gasteiger charge is -2.24.